The van der Waals surface area contributed by atoms with Gasteiger partial charge in [0.15, 0.2) is 5.58 Å². The van der Waals surface area contributed by atoms with Gasteiger partial charge in [-0.1, -0.05) is 41.9 Å². The Balaban J connectivity index is 1.88. The lowest BCUT2D eigenvalue weighted by atomic mass is 9.99. The Morgan fingerprint density at radius 3 is 2.58 bits per heavy atom. The first kappa shape index (κ1) is 17.1. The summed E-state index contributed by atoms with van der Waals surface area (Å²) < 4.78 is 10.7. The lowest BCUT2D eigenvalue weighted by molar-refractivity contribution is 0.0339. The molecule has 2 heterocycles. The zero-order chi connectivity index (χ0) is 18.1. The Morgan fingerprint density at radius 2 is 1.85 bits per heavy atom. The second-order valence-corrected chi connectivity index (χ2v) is 6.69. The van der Waals surface area contributed by atoms with Gasteiger partial charge in [0.05, 0.1) is 13.2 Å². The molecule has 1 fully saturated rings. The number of phenolic OH excluding ortho intramolecular Hbond substituents is 1. The number of ether oxygens (including phenoxy) is 1. The van der Waals surface area contributed by atoms with Gasteiger partial charge in [-0.25, -0.2) is 4.79 Å². The fourth-order valence-corrected chi connectivity index (χ4v) is 3.54. The molecule has 134 valence electrons. The second-order valence-electron chi connectivity index (χ2n) is 6.31. The molecule has 0 radical (unpaired) electrons. The van der Waals surface area contributed by atoms with E-state index in [4.69, 9.17) is 20.8 Å². The third kappa shape index (κ3) is 3.21. The molecule has 3 aromatic rings. The normalized spacial score (nSPS) is 15.4. The van der Waals surface area contributed by atoms with Crippen molar-refractivity contribution in [2.24, 2.45) is 0 Å². The summed E-state index contributed by atoms with van der Waals surface area (Å²) in [5.41, 5.74) is 2.04. The van der Waals surface area contributed by atoms with Crippen molar-refractivity contribution in [1.82, 2.24) is 4.90 Å². The van der Waals surface area contributed by atoms with Crippen LogP contribution in [-0.4, -0.2) is 36.3 Å². The summed E-state index contributed by atoms with van der Waals surface area (Å²) in [6.07, 6.45) is 0. The van der Waals surface area contributed by atoms with E-state index in [1.807, 2.05) is 36.4 Å². The molecule has 2 aromatic carbocycles. The molecule has 1 aliphatic heterocycles. The summed E-state index contributed by atoms with van der Waals surface area (Å²) in [7, 11) is 0. The molecule has 0 amide bonds. The Hall–Kier alpha value is -2.34. The van der Waals surface area contributed by atoms with Crippen LogP contribution < -0.4 is 5.63 Å². The molecule has 4 rings (SSSR count). The van der Waals surface area contributed by atoms with Crippen LogP contribution in [0.3, 0.4) is 0 Å². The summed E-state index contributed by atoms with van der Waals surface area (Å²) in [6, 6.07) is 12.9. The monoisotopic (exact) mass is 371 g/mol. The summed E-state index contributed by atoms with van der Waals surface area (Å²) in [5.74, 6) is -0.0426. The van der Waals surface area contributed by atoms with E-state index >= 15 is 0 Å². The molecule has 6 heteroatoms. The summed E-state index contributed by atoms with van der Waals surface area (Å²) in [5, 5.41) is 11.3. The highest BCUT2D eigenvalue weighted by Crippen LogP contribution is 2.39. The SMILES string of the molecule is O=c1cc(-c2ccccc2)c2cc(CN3CCOCC3)c(O)c(Cl)c2o1. The highest BCUT2D eigenvalue weighted by Gasteiger charge is 2.20. The van der Waals surface area contributed by atoms with Gasteiger partial charge in [0, 0.05) is 36.7 Å². The maximum atomic E-state index is 12.0. The van der Waals surface area contributed by atoms with E-state index in [2.05, 4.69) is 4.90 Å². The van der Waals surface area contributed by atoms with Gasteiger partial charge in [-0.15, -0.1) is 0 Å². The molecule has 0 saturated carbocycles. The van der Waals surface area contributed by atoms with Crippen LogP contribution in [0.5, 0.6) is 5.75 Å². The molecule has 5 nitrogen and oxygen atoms in total. The van der Waals surface area contributed by atoms with E-state index < -0.39 is 5.63 Å². The number of phenols is 1. The largest absolute Gasteiger partial charge is 0.506 e. The van der Waals surface area contributed by atoms with E-state index in [1.54, 1.807) is 0 Å². The number of hydrogen-bond donors (Lipinski definition) is 1. The van der Waals surface area contributed by atoms with Gasteiger partial charge in [0.25, 0.3) is 0 Å². The average Bonchev–Trinajstić information content (AvgIpc) is 2.67. The van der Waals surface area contributed by atoms with E-state index in [0.717, 1.165) is 24.2 Å². The van der Waals surface area contributed by atoms with Gasteiger partial charge in [-0.3, -0.25) is 4.90 Å². The number of fused-ring (bicyclic) bond motifs is 1. The molecule has 0 bridgehead atoms. The molecule has 1 aromatic heterocycles. The van der Waals surface area contributed by atoms with Crippen LogP contribution in [0, 0.1) is 0 Å². The average molecular weight is 372 g/mol. The quantitative estimate of drug-likeness (QED) is 0.712. The first-order valence-electron chi connectivity index (χ1n) is 8.47. The number of rotatable bonds is 3. The van der Waals surface area contributed by atoms with Crippen molar-refractivity contribution >= 4 is 22.6 Å². The van der Waals surface area contributed by atoms with Crippen LogP contribution >= 0.6 is 11.6 Å². The minimum absolute atomic E-state index is 0.0426. The van der Waals surface area contributed by atoms with E-state index in [1.165, 1.54) is 6.07 Å². The van der Waals surface area contributed by atoms with Gasteiger partial charge >= 0.3 is 5.63 Å². The Kier molecular flexibility index (Phi) is 4.68. The number of morpholine rings is 1. The topological polar surface area (TPSA) is 62.9 Å². The van der Waals surface area contributed by atoms with Gasteiger partial charge in [-0.2, -0.15) is 0 Å². The van der Waals surface area contributed by atoms with Crippen LogP contribution in [0.1, 0.15) is 5.56 Å². The van der Waals surface area contributed by atoms with E-state index in [-0.39, 0.29) is 16.4 Å². The van der Waals surface area contributed by atoms with Gasteiger partial charge in [-0.05, 0) is 17.2 Å². The first-order valence-corrected chi connectivity index (χ1v) is 8.85. The van der Waals surface area contributed by atoms with Crippen molar-refractivity contribution in [1.29, 1.82) is 0 Å². The number of nitrogens with zero attached hydrogens (tertiary/aromatic N) is 1. The lowest BCUT2D eigenvalue weighted by Gasteiger charge is -2.27. The predicted octanol–water partition coefficient (Wildman–Crippen LogP) is 3.65. The van der Waals surface area contributed by atoms with E-state index in [0.29, 0.717) is 30.7 Å². The minimum atomic E-state index is -0.501. The maximum absolute atomic E-state index is 12.0. The first-order chi connectivity index (χ1) is 12.6. The molecule has 0 unspecified atom stereocenters. The molecular formula is C20H18ClNO4. The van der Waals surface area contributed by atoms with Crippen molar-refractivity contribution in [2.75, 3.05) is 26.3 Å². The number of halogens is 1. The van der Waals surface area contributed by atoms with Crippen molar-refractivity contribution in [3.63, 3.8) is 0 Å². The fourth-order valence-electron chi connectivity index (χ4n) is 3.28. The molecule has 1 saturated heterocycles. The third-order valence-electron chi connectivity index (χ3n) is 4.61. The summed E-state index contributed by atoms with van der Waals surface area (Å²) in [6.45, 7) is 3.49. The third-order valence-corrected chi connectivity index (χ3v) is 4.96. The van der Waals surface area contributed by atoms with Crippen molar-refractivity contribution in [2.45, 2.75) is 6.54 Å². The van der Waals surface area contributed by atoms with Crippen LogP contribution in [-0.2, 0) is 11.3 Å². The zero-order valence-corrected chi connectivity index (χ0v) is 14.8. The maximum Gasteiger partial charge on any atom is 0.336 e. The van der Waals surface area contributed by atoms with E-state index in [9.17, 15) is 9.90 Å². The molecule has 26 heavy (non-hydrogen) atoms. The van der Waals surface area contributed by atoms with Crippen LogP contribution in [0.4, 0.5) is 0 Å². The Bertz CT molecular complexity index is 994. The van der Waals surface area contributed by atoms with Crippen LogP contribution in [0.2, 0.25) is 5.02 Å². The smallest absolute Gasteiger partial charge is 0.336 e. The van der Waals surface area contributed by atoms with Gasteiger partial charge < -0.3 is 14.3 Å². The Labute approximate surface area is 155 Å². The number of aromatic hydroxyl groups is 1. The van der Waals surface area contributed by atoms with Crippen molar-refractivity contribution in [3.8, 4) is 16.9 Å². The number of benzene rings is 2. The highest BCUT2D eigenvalue weighted by molar-refractivity contribution is 6.36. The summed E-state index contributed by atoms with van der Waals surface area (Å²) in [4.78, 5) is 14.2. The molecule has 0 aliphatic carbocycles. The van der Waals surface area contributed by atoms with Crippen molar-refractivity contribution in [3.05, 3.63) is 63.5 Å². The zero-order valence-electron chi connectivity index (χ0n) is 14.1. The lowest BCUT2D eigenvalue weighted by Crippen LogP contribution is -2.35. The van der Waals surface area contributed by atoms with Gasteiger partial charge in [0.2, 0.25) is 0 Å². The van der Waals surface area contributed by atoms with Crippen LogP contribution in [0.15, 0.2) is 51.7 Å². The molecule has 1 aliphatic rings. The highest BCUT2D eigenvalue weighted by atomic mass is 35.5. The molecule has 0 spiro atoms. The predicted molar refractivity (Wildman–Crippen MR) is 101 cm³/mol. The summed E-state index contributed by atoms with van der Waals surface area (Å²) >= 11 is 6.35. The second kappa shape index (κ2) is 7.11. The minimum Gasteiger partial charge on any atom is -0.506 e. The van der Waals surface area contributed by atoms with Crippen LogP contribution in [0.25, 0.3) is 22.1 Å². The fraction of sp³-hybridized carbons (Fsp3) is 0.250. The molecular weight excluding hydrogens is 354 g/mol. The van der Waals surface area contributed by atoms with Gasteiger partial charge in [0.1, 0.15) is 10.8 Å². The number of hydrogen-bond acceptors (Lipinski definition) is 5. The Morgan fingerprint density at radius 1 is 1.12 bits per heavy atom. The standard InChI is InChI=1S/C20H18ClNO4/c21-18-19(24)14(12-22-6-8-25-9-7-22)10-16-15(11-17(23)26-20(16)18)13-4-2-1-3-5-13/h1-5,10-11,24H,6-9,12H2. The molecule has 0 atom stereocenters. The van der Waals surface area contributed by atoms with Crippen molar-refractivity contribution < 1.29 is 14.3 Å². The molecule has 1 N–H and O–H groups in total.